The number of carboxylic acid groups (broad SMARTS) is 2. The van der Waals surface area contributed by atoms with Crippen LogP contribution in [-0.2, 0) is 19.1 Å². The van der Waals surface area contributed by atoms with Crippen molar-refractivity contribution < 1.29 is 29.3 Å². The fourth-order valence-electron chi connectivity index (χ4n) is 1.43. The van der Waals surface area contributed by atoms with Gasteiger partial charge < -0.3 is 25.6 Å². The zero-order valence-electron chi connectivity index (χ0n) is 11.0. The Morgan fingerprint density at radius 3 is 2.21 bits per heavy atom. The van der Waals surface area contributed by atoms with Gasteiger partial charge in [-0.3, -0.25) is 4.79 Å². The van der Waals surface area contributed by atoms with Gasteiger partial charge in [0.25, 0.3) is 0 Å². The summed E-state index contributed by atoms with van der Waals surface area (Å²) in [5.41, 5.74) is 0. The lowest BCUT2D eigenvalue weighted by Crippen LogP contribution is -2.47. The monoisotopic (exact) mass is 276 g/mol. The standard InChI is InChI=1S/C9H18N2O2.C2H2O4/c1-3-8(10-2)11-9(12)7-5-4-6-13-7;3-1(4)2(5)6/h7-8,10H,3-6H2,1-2H3,(H,11,12);(H,3,4)(H,5,6). The van der Waals surface area contributed by atoms with Crippen LogP contribution >= 0.6 is 0 Å². The highest BCUT2D eigenvalue weighted by Crippen LogP contribution is 2.11. The topological polar surface area (TPSA) is 125 Å². The number of carboxylic acids is 2. The number of carbonyl (C=O) groups excluding carboxylic acids is 1. The van der Waals surface area contributed by atoms with Gasteiger partial charge in [0.2, 0.25) is 5.91 Å². The molecule has 0 aromatic heterocycles. The second-order valence-electron chi connectivity index (χ2n) is 3.87. The lowest BCUT2D eigenvalue weighted by molar-refractivity contribution is -0.159. The van der Waals surface area contributed by atoms with Crippen LogP contribution in [0.4, 0.5) is 0 Å². The van der Waals surface area contributed by atoms with E-state index in [1.165, 1.54) is 0 Å². The van der Waals surface area contributed by atoms with Gasteiger partial charge in [-0.2, -0.15) is 0 Å². The molecule has 2 atom stereocenters. The van der Waals surface area contributed by atoms with Gasteiger partial charge >= 0.3 is 11.9 Å². The van der Waals surface area contributed by atoms with E-state index in [-0.39, 0.29) is 18.2 Å². The minimum Gasteiger partial charge on any atom is -0.473 e. The highest BCUT2D eigenvalue weighted by Gasteiger charge is 2.24. The normalized spacial score (nSPS) is 18.9. The van der Waals surface area contributed by atoms with Crippen LogP contribution in [0.15, 0.2) is 0 Å². The van der Waals surface area contributed by atoms with Crippen molar-refractivity contribution in [2.75, 3.05) is 13.7 Å². The van der Waals surface area contributed by atoms with Crippen molar-refractivity contribution in [3.8, 4) is 0 Å². The van der Waals surface area contributed by atoms with Crippen LogP contribution < -0.4 is 10.6 Å². The zero-order valence-corrected chi connectivity index (χ0v) is 11.0. The quantitative estimate of drug-likeness (QED) is 0.399. The van der Waals surface area contributed by atoms with Gasteiger partial charge in [0.1, 0.15) is 6.10 Å². The summed E-state index contributed by atoms with van der Waals surface area (Å²) in [6.45, 7) is 2.74. The lowest BCUT2D eigenvalue weighted by Gasteiger charge is -2.18. The van der Waals surface area contributed by atoms with Crippen LogP contribution in [-0.4, -0.2) is 54.0 Å². The average molecular weight is 276 g/mol. The fourth-order valence-corrected chi connectivity index (χ4v) is 1.43. The predicted octanol–water partition coefficient (Wildman–Crippen LogP) is -0.607. The van der Waals surface area contributed by atoms with E-state index in [1.54, 1.807) is 0 Å². The molecule has 1 aliphatic heterocycles. The molecule has 1 heterocycles. The van der Waals surface area contributed by atoms with Gasteiger partial charge in [0, 0.05) is 6.61 Å². The van der Waals surface area contributed by atoms with Crippen molar-refractivity contribution in [1.29, 1.82) is 0 Å². The summed E-state index contributed by atoms with van der Waals surface area (Å²) >= 11 is 0. The number of carbonyl (C=O) groups is 3. The maximum Gasteiger partial charge on any atom is 0.414 e. The molecule has 0 spiro atoms. The molecule has 1 aliphatic rings. The second kappa shape index (κ2) is 9.29. The van der Waals surface area contributed by atoms with E-state index in [9.17, 15) is 4.79 Å². The third-order valence-electron chi connectivity index (χ3n) is 2.48. The van der Waals surface area contributed by atoms with E-state index in [4.69, 9.17) is 24.5 Å². The molecule has 0 aliphatic carbocycles. The van der Waals surface area contributed by atoms with E-state index in [2.05, 4.69) is 10.6 Å². The van der Waals surface area contributed by atoms with Gasteiger partial charge in [-0.1, -0.05) is 6.92 Å². The highest BCUT2D eigenvalue weighted by molar-refractivity contribution is 6.27. The maximum atomic E-state index is 11.5. The van der Waals surface area contributed by atoms with Gasteiger partial charge in [0.05, 0.1) is 6.17 Å². The zero-order chi connectivity index (χ0) is 14.8. The molecule has 1 fully saturated rings. The molecule has 110 valence electrons. The molecule has 1 amide bonds. The molecule has 1 rings (SSSR count). The lowest BCUT2D eigenvalue weighted by atomic mass is 10.2. The van der Waals surface area contributed by atoms with Crippen LogP contribution in [0, 0.1) is 0 Å². The molecule has 0 aromatic rings. The van der Waals surface area contributed by atoms with Crippen molar-refractivity contribution in [3.63, 3.8) is 0 Å². The van der Waals surface area contributed by atoms with E-state index in [1.807, 2.05) is 14.0 Å². The summed E-state index contributed by atoms with van der Waals surface area (Å²) in [5.74, 6) is -3.64. The third-order valence-corrected chi connectivity index (χ3v) is 2.48. The number of nitrogens with one attached hydrogen (secondary N) is 2. The van der Waals surface area contributed by atoms with E-state index < -0.39 is 11.9 Å². The Labute approximate surface area is 111 Å². The minimum atomic E-state index is -1.82. The van der Waals surface area contributed by atoms with Crippen molar-refractivity contribution in [2.24, 2.45) is 0 Å². The number of hydrogen-bond donors (Lipinski definition) is 4. The maximum absolute atomic E-state index is 11.5. The van der Waals surface area contributed by atoms with Crippen molar-refractivity contribution in [1.82, 2.24) is 10.6 Å². The Balaban J connectivity index is 0.000000459. The fraction of sp³-hybridized carbons (Fsp3) is 0.727. The number of ether oxygens (including phenoxy) is 1. The first-order valence-corrected chi connectivity index (χ1v) is 5.97. The summed E-state index contributed by atoms with van der Waals surface area (Å²) in [6.07, 6.45) is 2.58. The largest absolute Gasteiger partial charge is 0.473 e. The molecule has 0 bridgehead atoms. The number of amides is 1. The SMILES string of the molecule is CCC(NC)NC(=O)C1CCCO1.O=C(O)C(=O)O. The predicted molar refractivity (Wildman–Crippen MR) is 65.5 cm³/mol. The van der Waals surface area contributed by atoms with E-state index in [0.29, 0.717) is 6.61 Å². The van der Waals surface area contributed by atoms with Crippen molar-refractivity contribution >= 4 is 17.8 Å². The van der Waals surface area contributed by atoms with Crippen LogP contribution in [0.2, 0.25) is 0 Å². The Morgan fingerprint density at radius 1 is 1.32 bits per heavy atom. The van der Waals surface area contributed by atoms with Crippen LogP contribution in [0.1, 0.15) is 26.2 Å². The molecular weight excluding hydrogens is 256 g/mol. The Morgan fingerprint density at radius 2 is 1.89 bits per heavy atom. The molecule has 1 saturated heterocycles. The molecule has 4 N–H and O–H groups in total. The molecule has 0 saturated carbocycles. The molecule has 19 heavy (non-hydrogen) atoms. The average Bonchev–Trinajstić information content (AvgIpc) is 2.90. The molecule has 8 nitrogen and oxygen atoms in total. The number of rotatable bonds is 4. The first kappa shape index (κ1) is 17.3. The highest BCUT2D eigenvalue weighted by atomic mass is 16.5. The van der Waals surface area contributed by atoms with Gasteiger partial charge in [-0.25, -0.2) is 9.59 Å². The number of aliphatic carboxylic acids is 2. The van der Waals surface area contributed by atoms with Crippen molar-refractivity contribution in [2.45, 2.75) is 38.5 Å². The minimum absolute atomic E-state index is 0.0127. The van der Waals surface area contributed by atoms with Gasteiger partial charge in [-0.05, 0) is 26.3 Å². The van der Waals surface area contributed by atoms with E-state index >= 15 is 0 Å². The van der Waals surface area contributed by atoms with Crippen LogP contribution in [0.3, 0.4) is 0 Å². The molecule has 2 unspecified atom stereocenters. The molecular formula is C11H20N2O6. The summed E-state index contributed by atoms with van der Waals surface area (Å²) in [5, 5.41) is 20.7. The summed E-state index contributed by atoms with van der Waals surface area (Å²) in [7, 11) is 1.84. The summed E-state index contributed by atoms with van der Waals surface area (Å²) in [4.78, 5) is 29.7. The van der Waals surface area contributed by atoms with Gasteiger partial charge in [0.15, 0.2) is 0 Å². The Bertz CT molecular complexity index is 298. The Hall–Kier alpha value is -1.67. The first-order valence-electron chi connectivity index (χ1n) is 5.97. The number of hydrogen-bond acceptors (Lipinski definition) is 5. The van der Waals surface area contributed by atoms with E-state index in [0.717, 1.165) is 19.3 Å². The molecule has 8 heteroatoms. The molecule has 0 aromatic carbocycles. The summed E-state index contributed by atoms with van der Waals surface area (Å²) < 4.78 is 5.26. The Kier molecular flexibility index (Phi) is 8.47. The van der Waals surface area contributed by atoms with Crippen molar-refractivity contribution in [3.05, 3.63) is 0 Å². The van der Waals surface area contributed by atoms with Crippen LogP contribution in [0.5, 0.6) is 0 Å². The smallest absolute Gasteiger partial charge is 0.414 e. The van der Waals surface area contributed by atoms with Gasteiger partial charge in [-0.15, -0.1) is 0 Å². The third kappa shape index (κ3) is 7.37. The first-order chi connectivity index (χ1) is 8.92. The second-order valence-corrected chi connectivity index (χ2v) is 3.87. The summed E-state index contributed by atoms with van der Waals surface area (Å²) in [6, 6.07) is 0. The van der Waals surface area contributed by atoms with Crippen LogP contribution in [0.25, 0.3) is 0 Å². The molecule has 0 radical (unpaired) electrons.